The number of carbonyl (C=O) groups is 3. The van der Waals surface area contributed by atoms with Gasteiger partial charge in [0.1, 0.15) is 24.5 Å². The Kier molecular flexibility index (Phi) is 6.27. The zero-order chi connectivity index (χ0) is 22.1. The predicted octanol–water partition coefficient (Wildman–Crippen LogP) is -0.0950. The zero-order valence-corrected chi connectivity index (χ0v) is 18.0. The number of benzene rings is 1. The molecule has 31 heavy (non-hydrogen) atoms. The number of likely N-dealkylation sites (N-methyl/N-ethyl adjacent to an activating group) is 1. The molecule has 0 saturated carbocycles. The molecule has 1 aliphatic carbocycles. The molecule has 0 spiro atoms. The highest BCUT2D eigenvalue weighted by Gasteiger charge is 2.50. The molecule has 9 nitrogen and oxygen atoms in total. The van der Waals surface area contributed by atoms with Crippen LogP contribution in [0.15, 0.2) is 24.3 Å². The first kappa shape index (κ1) is 21.7. The minimum Gasteiger partial charge on any atom is -0.353 e. The second-order valence-corrected chi connectivity index (χ2v) is 8.54. The number of fused-ring (bicyclic) bond motifs is 2. The quantitative estimate of drug-likeness (QED) is 0.485. The maximum Gasteiger partial charge on any atom is 0.252 e. The fourth-order valence-corrected chi connectivity index (χ4v) is 4.88. The number of carbonyl (C=O) groups excluding carboxylic acids is 3. The highest BCUT2D eigenvalue weighted by atomic mass is 16.5. The van der Waals surface area contributed by atoms with Gasteiger partial charge < -0.3 is 26.0 Å². The summed E-state index contributed by atoms with van der Waals surface area (Å²) in [4.78, 5) is 40.2. The molecule has 1 unspecified atom stereocenters. The maximum atomic E-state index is 13.3. The van der Waals surface area contributed by atoms with Crippen molar-refractivity contribution in [3.05, 3.63) is 35.4 Å². The van der Waals surface area contributed by atoms with Crippen molar-refractivity contribution in [1.82, 2.24) is 20.9 Å². The summed E-state index contributed by atoms with van der Waals surface area (Å²) < 4.78 is 5.98. The topological polar surface area (TPSA) is 126 Å². The molecule has 2 fully saturated rings. The Balaban J connectivity index is 1.47. The van der Waals surface area contributed by atoms with Crippen molar-refractivity contribution in [3.8, 4) is 0 Å². The molecule has 3 amide bonds. The molecule has 0 bridgehead atoms. The smallest absolute Gasteiger partial charge is 0.252 e. The monoisotopic (exact) mass is 429 g/mol. The van der Waals surface area contributed by atoms with Gasteiger partial charge >= 0.3 is 0 Å². The van der Waals surface area contributed by atoms with Crippen LogP contribution >= 0.6 is 0 Å². The second kappa shape index (κ2) is 8.94. The standard InChI is InChI=1S/C22H31N5O4/c1-12-18(26-21(29)19(23)24-2)22(30)27-16(10-11-17(27)31-12)20(28)25-15-9-5-7-13-6-3-4-8-14(13)15/h3-4,6,8,12,15-19,24H,5,7,9-11,23H2,1-2H3,(H,25,28)(H,26,29)/t12-,15-,16?,17+,18+,19-/m1/s1. The van der Waals surface area contributed by atoms with Crippen LogP contribution in [-0.4, -0.2) is 60.3 Å². The van der Waals surface area contributed by atoms with Gasteiger partial charge in [-0.25, -0.2) is 0 Å². The number of ether oxygens (including phenoxy) is 1. The van der Waals surface area contributed by atoms with Gasteiger partial charge in [-0.15, -0.1) is 0 Å². The molecule has 1 aromatic rings. The summed E-state index contributed by atoms with van der Waals surface area (Å²) in [5, 5.41) is 8.47. The maximum absolute atomic E-state index is 13.3. The van der Waals surface area contributed by atoms with Gasteiger partial charge in [-0.05, 0) is 57.2 Å². The Morgan fingerprint density at radius 3 is 2.74 bits per heavy atom. The van der Waals surface area contributed by atoms with Gasteiger partial charge in [-0.2, -0.15) is 0 Å². The molecule has 0 radical (unpaired) electrons. The van der Waals surface area contributed by atoms with Crippen LogP contribution < -0.4 is 21.7 Å². The van der Waals surface area contributed by atoms with E-state index in [9.17, 15) is 14.4 Å². The lowest BCUT2D eigenvalue weighted by Gasteiger charge is -2.41. The summed E-state index contributed by atoms with van der Waals surface area (Å²) in [6.07, 6.45) is 2.13. The van der Waals surface area contributed by atoms with Crippen LogP contribution in [0, 0.1) is 0 Å². The molecule has 168 valence electrons. The number of nitrogens with zero attached hydrogens (tertiary/aromatic N) is 1. The van der Waals surface area contributed by atoms with E-state index in [4.69, 9.17) is 10.5 Å². The van der Waals surface area contributed by atoms with E-state index >= 15 is 0 Å². The molecule has 2 heterocycles. The Hall–Kier alpha value is -2.49. The summed E-state index contributed by atoms with van der Waals surface area (Å²) >= 11 is 0. The largest absolute Gasteiger partial charge is 0.353 e. The first-order valence-electron chi connectivity index (χ1n) is 11.0. The number of nitrogens with two attached hydrogens (primary N) is 1. The minimum atomic E-state index is -0.929. The van der Waals surface area contributed by atoms with Crippen molar-refractivity contribution >= 4 is 17.7 Å². The summed E-state index contributed by atoms with van der Waals surface area (Å²) in [7, 11) is 1.56. The van der Waals surface area contributed by atoms with E-state index in [-0.39, 0.29) is 17.9 Å². The zero-order valence-electron chi connectivity index (χ0n) is 18.0. The number of hydrogen-bond acceptors (Lipinski definition) is 6. The van der Waals surface area contributed by atoms with Crippen LogP contribution in [0.4, 0.5) is 0 Å². The number of amides is 3. The predicted molar refractivity (Wildman–Crippen MR) is 113 cm³/mol. The molecule has 2 aliphatic heterocycles. The Morgan fingerprint density at radius 2 is 1.97 bits per heavy atom. The molecule has 3 aliphatic rings. The third-order valence-electron chi connectivity index (χ3n) is 6.57. The third-order valence-corrected chi connectivity index (χ3v) is 6.57. The molecular weight excluding hydrogens is 398 g/mol. The van der Waals surface area contributed by atoms with Crippen molar-refractivity contribution in [2.24, 2.45) is 5.73 Å². The van der Waals surface area contributed by atoms with Crippen molar-refractivity contribution in [2.45, 2.75) is 75.7 Å². The Morgan fingerprint density at radius 1 is 1.19 bits per heavy atom. The number of rotatable bonds is 5. The summed E-state index contributed by atoms with van der Waals surface area (Å²) in [5.74, 6) is -0.969. The van der Waals surface area contributed by atoms with Crippen molar-refractivity contribution in [2.75, 3.05) is 7.05 Å². The van der Waals surface area contributed by atoms with Gasteiger partial charge in [-0.3, -0.25) is 19.7 Å². The molecule has 5 N–H and O–H groups in total. The van der Waals surface area contributed by atoms with E-state index < -0.39 is 36.5 Å². The normalized spacial score (nSPS) is 30.9. The lowest BCUT2D eigenvalue weighted by atomic mass is 9.87. The van der Waals surface area contributed by atoms with Gasteiger partial charge in [-0.1, -0.05) is 24.3 Å². The lowest BCUT2D eigenvalue weighted by molar-refractivity contribution is -0.179. The molecular formula is C22H31N5O4. The van der Waals surface area contributed by atoms with Crippen molar-refractivity contribution < 1.29 is 19.1 Å². The Bertz CT molecular complexity index is 862. The number of aryl methyl sites for hydroxylation is 1. The van der Waals surface area contributed by atoms with E-state index in [0.717, 1.165) is 24.8 Å². The van der Waals surface area contributed by atoms with Gasteiger partial charge in [0.05, 0.1) is 12.1 Å². The SMILES string of the molecule is CN[C@@H](N)C(=O)N[C@@H]1C(=O)N2C(C(=O)N[C@@H]3CCCc4ccccc43)CC[C@@H]2O[C@@H]1C. The van der Waals surface area contributed by atoms with E-state index in [1.807, 2.05) is 12.1 Å². The van der Waals surface area contributed by atoms with Gasteiger partial charge in [0.15, 0.2) is 0 Å². The number of hydrogen-bond donors (Lipinski definition) is 4. The van der Waals surface area contributed by atoms with Crippen LogP contribution in [0.25, 0.3) is 0 Å². The lowest BCUT2D eigenvalue weighted by Crippen LogP contribution is -2.66. The van der Waals surface area contributed by atoms with E-state index in [1.165, 1.54) is 10.5 Å². The summed E-state index contributed by atoms with van der Waals surface area (Å²) in [6.45, 7) is 1.75. The van der Waals surface area contributed by atoms with Crippen LogP contribution in [0.5, 0.6) is 0 Å². The second-order valence-electron chi connectivity index (χ2n) is 8.54. The average Bonchev–Trinajstić information content (AvgIpc) is 3.20. The van der Waals surface area contributed by atoms with E-state index in [1.54, 1.807) is 14.0 Å². The molecule has 1 aromatic carbocycles. The number of nitrogens with one attached hydrogen (secondary N) is 3. The summed E-state index contributed by atoms with van der Waals surface area (Å²) in [5.41, 5.74) is 8.11. The molecule has 4 rings (SSSR count). The molecule has 2 saturated heterocycles. The van der Waals surface area contributed by atoms with Crippen LogP contribution in [0.2, 0.25) is 0 Å². The van der Waals surface area contributed by atoms with Gasteiger partial charge in [0.25, 0.3) is 11.8 Å². The average molecular weight is 430 g/mol. The fraction of sp³-hybridized carbons (Fsp3) is 0.591. The molecule has 9 heteroatoms. The van der Waals surface area contributed by atoms with Gasteiger partial charge in [0, 0.05) is 0 Å². The van der Waals surface area contributed by atoms with Crippen molar-refractivity contribution in [1.29, 1.82) is 0 Å². The van der Waals surface area contributed by atoms with Crippen LogP contribution in [0.3, 0.4) is 0 Å². The molecule has 0 aromatic heterocycles. The highest BCUT2D eigenvalue weighted by molar-refractivity contribution is 5.94. The minimum absolute atomic E-state index is 0.0552. The van der Waals surface area contributed by atoms with E-state index in [0.29, 0.717) is 12.8 Å². The van der Waals surface area contributed by atoms with E-state index in [2.05, 4.69) is 28.1 Å². The van der Waals surface area contributed by atoms with Crippen LogP contribution in [-0.2, 0) is 25.5 Å². The van der Waals surface area contributed by atoms with Crippen LogP contribution in [0.1, 0.15) is 49.8 Å². The summed E-state index contributed by atoms with van der Waals surface area (Å²) in [6, 6.07) is 6.62. The molecule has 6 atom stereocenters. The first-order chi connectivity index (χ1) is 14.9. The fourth-order valence-electron chi connectivity index (χ4n) is 4.88. The van der Waals surface area contributed by atoms with Gasteiger partial charge in [0.2, 0.25) is 5.91 Å². The third kappa shape index (κ3) is 4.17. The highest BCUT2D eigenvalue weighted by Crippen LogP contribution is 2.34. The Labute approximate surface area is 182 Å². The van der Waals surface area contributed by atoms with Crippen molar-refractivity contribution in [3.63, 3.8) is 0 Å². The first-order valence-corrected chi connectivity index (χ1v) is 11.0.